The van der Waals surface area contributed by atoms with Crippen molar-refractivity contribution in [1.29, 1.82) is 0 Å². The third-order valence-corrected chi connectivity index (χ3v) is 12.1. The Balaban J connectivity index is 0.000000225. The van der Waals surface area contributed by atoms with Crippen molar-refractivity contribution >= 4 is 80.2 Å². The number of anilines is 4. The van der Waals surface area contributed by atoms with Crippen molar-refractivity contribution in [2.45, 2.75) is 57.8 Å². The van der Waals surface area contributed by atoms with E-state index in [1.807, 2.05) is 0 Å². The maximum Gasteiger partial charge on any atom is 0.451 e. The smallest absolute Gasteiger partial charge is 0.451 e. The predicted octanol–water partition coefficient (Wildman–Crippen LogP) is 11.6. The number of benzene rings is 2. The molecule has 0 atom stereocenters. The van der Waals surface area contributed by atoms with Gasteiger partial charge in [0.05, 0.1) is 43.6 Å². The Morgan fingerprint density at radius 1 is 0.560 bits per heavy atom. The van der Waals surface area contributed by atoms with Crippen LogP contribution in [0.2, 0.25) is 10.0 Å². The number of piperidine rings is 1. The number of rotatable bonds is 6. The molecule has 2 aliphatic heterocycles. The SMILES string of the molecule is C=CC(=O)N1CCN(c2nc(C(F)(F)F)nc3cc(-c4nc(N)cc(C)c4C(F)(F)F)c(Cl)cc23)CC1.C=CC(=O)O.Cc1cc(N)nc(-c2cc3nc(C(F)(F)F)nc(N4CCCCC4)c3cc2Cl)c1C(F)(F)F. The summed E-state index contributed by atoms with van der Waals surface area (Å²) in [5.74, 6) is -4.61. The molecule has 2 aliphatic rings. The average molecular weight is 1110 g/mol. The third kappa shape index (κ3) is 13.0. The van der Waals surface area contributed by atoms with E-state index in [9.17, 15) is 62.3 Å². The van der Waals surface area contributed by atoms with Crippen LogP contribution in [0.3, 0.4) is 0 Å². The van der Waals surface area contributed by atoms with E-state index >= 15 is 0 Å². The van der Waals surface area contributed by atoms with E-state index in [0.29, 0.717) is 13.1 Å². The summed E-state index contributed by atoms with van der Waals surface area (Å²) in [6.07, 6.45) is -14.9. The van der Waals surface area contributed by atoms with Crippen LogP contribution in [-0.2, 0) is 34.3 Å². The molecule has 75 heavy (non-hydrogen) atoms. The number of carboxylic acid groups (broad SMARTS) is 1. The van der Waals surface area contributed by atoms with Crippen LogP contribution in [0.5, 0.6) is 0 Å². The van der Waals surface area contributed by atoms with Crippen LogP contribution in [0.1, 0.15) is 53.2 Å². The van der Waals surface area contributed by atoms with Gasteiger partial charge in [-0.1, -0.05) is 36.4 Å². The third-order valence-electron chi connectivity index (χ3n) is 11.5. The van der Waals surface area contributed by atoms with Gasteiger partial charge in [-0.05, 0) is 86.7 Å². The monoisotopic (exact) mass is 1110 g/mol. The minimum Gasteiger partial charge on any atom is -0.478 e. The van der Waals surface area contributed by atoms with Gasteiger partial charge in [0.1, 0.15) is 23.3 Å². The fourth-order valence-electron chi connectivity index (χ4n) is 8.24. The van der Waals surface area contributed by atoms with Gasteiger partial charge in [-0.15, -0.1) is 0 Å². The summed E-state index contributed by atoms with van der Waals surface area (Å²) in [4.78, 5) is 48.1. The highest BCUT2D eigenvalue weighted by molar-refractivity contribution is 6.35. The quantitative estimate of drug-likeness (QED) is 0.105. The zero-order valence-corrected chi connectivity index (χ0v) is 40.6. The second-order valence-corrected chi connectivity index (χ2v) is 17.5. The number of hydrogen-bond acceptors (Lipinski definition) is 12. The van der Waals surface area contributed by atoms with Gasteiger partial charge in [-0.3, -0.25) is 4.79 Å². The number of carbonyl (C=O) groups excluding carboxylic acids is 1. The minimum absolute atomic E-state index is 0.0493. The van der Waals surface area contributed by atoms with Crippen LogP contribution in [-0.4, -0.2) is 91.1 Å². The van der Waals surface area contributed by atoms with Crippen molar-refractivity contribution < 1.29 is 67.4 Å². The largest absolute Gasteiger partial charge is 0.478 e. The number of nitrogen functional groups attached to an aromatic ring is 2. The number of halogens is 14. The fourth-order valence-corrected chi connectivity index (χ4v) is 8.75. The van der Waals surface area contributed by atoms with E-state index < -0.39 is 64.8 Å². The number of aliphatic carboxylic acids is 1. The number of alkyl halides is 12. The number of aromatic nitrogens is 6. The van der Waals surface area contributed by atoms with E-state index in [1.165, 1.54) is 35.8 Å². The summed E-state index contributed by atoms with van der Waals surface area (Å²) in [6.45, 7) is 10.5. The number of nitrogens with two attached hydrogens (primary N) is 2. The molecule has 2 fully saturated rings. The highest BCUT2D eigenvalue weighted by Crippen LogP contribution is 2.46. The summed E-state index contributed by atoms with van der Waals surface area (Å²) in [7, 11) is 0. The van der Waals surface area contributed by atoms with Gasteiger partial charge in [0, 0.05) is 67.2 Å². The van der Waals surface area contributed by atoms with E-state index in [4.69, 9.17) is 39.8 Å². The molecule has 2 aromatic carbocycles. The van der Waals surface area contributed by atoms with Crippen molar-refractivity contribution in [3.05, 3.63) is 106 Å². The van der Waals surface area contributed by atoms with Crippen LogP contribution in [0, 0.1) is 13.8 Å². The summed E-state index contributed by atoms with van der Waals surface area (Å²) < 4.78 is 165. The van der Waals surface area contributed by atoms with E-state index in [1.54, 1.807) is 4.90 Å². The number of aryl methyl sites for hydroxylation is 2. The Morgan fingerprint density at radius 3 is 1.27 bits per heavy atom. The second kappa shape index (κ2) is 21.9. The standard InChI is InChI=1S/C23H19ClF6N6O.C21H18ClF6N5.C3H4O2/c1-3-17(37)35-4-6-36(7-5-35)20-13-9-14(24)12(10-15(13)32-21(34-20)23(28,29)30)19-18(22(25,26)27)11(2)8-16(31)33-19;1-10-7-15(29)31-17(16(10)20(23,24)25)11-9-14-12(8-13(11)22)18(33-5-3-2-4-6-33)32-19(30-14)21(26,27)28;1-2-3(4)5/h3,8-10H,1,4-7H2,2H3,(H2,31,33);7-9H,2-6H2,1H3,(H2,29,31);2H,1H2,(H,4,5). The first kappa shape index (κ1) is 57.1. The topological polar surface area (TPSA) is 193 Å². The minimum atomic E-state index is -4.94. The molecule has 0 spiro atoms. The first-order valence-corrected chi connectivity index (χ1v) is 22.7. The maximum atomic E-state index is 13.9. The van der Waals surface area contributed by atoms with Gasteiger partial charge in [0.25, 0.3) is 0 Å². The number of carboxylic acids is 1. The molecule has 1 amide bonds. The molecule has 0 radical (unpaired) electrons. The van der Waals surface area contributed by atoms with Crippen LogP contribution in [0.25, 0.3) is 44.3 Å². The van der Waals surface area contributed by atoms with Crippen molar-refractivity contribution in [1.82, 2.24) is 34.8 Å². The lowest BCUT2D eigenvalue weighted by molar-refractivity contribution is -0.145. The van der Waals surface area contributed by atoms with Crippen LogP contribution in [0.15, 0.2) is 61.7 Å². The summed E-state index contributed by atoms with van der Waals surface area (Å²) in [5.41, 5.74) is 6.59. The van der Waals surface area contributed by atoms with Gasteiger partial charge in [0.15, 0.2) is 0 Å². The van der Waals surface area contributed by atoms with Crippen molar-refractivity contribution in [3.63, 3.8) is 0 Å². The number of pyridine rings is 2. The Morgan fingerprint density at radius 2 is 0.933 bits per heavy atom. The molecular weight excluding hydrogens is 1070 g/mol. The van der Waals surface area contributed by atoms with Crippen molar-refractivity contribution in [2.75, 3.05) is 60.5 Å². The zero-order valence-electron chi connectivity index (χ0n) is 39.1. The summed E-state index contributed by atoms with van der Waals surface area (Å²) >= 11 is 12.7. The number of fused-ring (bicyclic) bond motifs is 2. The number of carbonyl (C=O) groups is 2. The molecule has 0 saturated carbocycles. The summed E-state index contributed by atoms with van der Waals surface area (Å²) in [5, 5.41) is 7.58. The Hall–Kier alpha value is -7.22. The van der Waals surface area contributed by atoms with Gasteiger partial charge >= 0.3 is 30.7 Å². The van der Waals surface area contributed by atoms with E-state index in [0.717, 1.165) is 55.7 Å². The highest BCUT2D eigenvalue weighted by atomic mass is 35.5. The second-order valence-electron chi connectivity index (χ2n) is 16.7. The predicted molar refractivity (Wildman–Crippen MR) is 257 cm³/mol. The number of piperazine rings is 1. The first-order chi connectivity index (χ1) is 34.8. The van der Waals surface area contributed by atoms with E-state index in [-0.39, 0.29) is 109 Å². The first-order valence-electron chi connectivity index (χ1n) is 22.0. The van der Waals surface area contributed by atoms with Crippen LogP contribution >= 0.6 is 23.2 Å². The van der Waals surface area contributed by atoms with Crippen LogP contribution < -0.4 is 21.3 Å². The normalized spacial score (nSPS) is 14.5. The molecule has 400 valence electrons. The van der Waals surface area contributed by atoms with Gasteiger partial charge < -0.3 is 31.3 Å². The average Bonchev–Trinajstić information content (AvgIpc) is 3.31. The lowest BCUT2D eigenvalue weighted by atomic mass is 9.99. The molecule has 6 aromatic rings. The molecule has 28 heteroatoms. The molecule has 0 unspecified atom stereocenters. The zero-order chi connectivity index (χ0) is 55.7. The van der Waals surface area contributed by atoms with Gasteiger partial charge in [-0.25, -0.2) is 34.7 Å². The van der Waals surface area contributed by atoms with Crippen LogP contribution in [0.4, 0.5) is 76.0 Å². The molecule has 5 N–H and O–H groups in total. The van der Waals surface area contributed by atoms with Crippen molar-refractivity contribution in [2.24, 2.45) is 0 Å². The molecule has 4 aromatic heterocycles. The number of amides is 1. The molecule has 14 nitrogen and oxygen atoms in total. The van der Waals surface area contributed by atoms with E-state index in [2.05, 4.69) is 43.1 Å². The maximum absolute atomic E-state index is 13.9. The number of nitrogens with zero attached hydrogens (tertiary/aromatic N) is 9. The fraction of sp³-hybridized carbons (Fsp3) is 0.319. The lowest BCUT2D eigenvalue weighted by Gasteiger charge is -2.35. The molecule has 0 aliphatic carbocycles. The number of hydrogen-bond donors (Lipinski definition) is 3. The lowest BCUT2D eigenvalue weighted by Crippen LogP contribution is -2.48. The molecule has 2 saturated heterocycles. The van der Waals surface area contributed by atoms with Crippen molar-refractivity contribution in [3.8, 4) is 22.5 Å². The Labute approximate surface area is 427 Å². The molecule has 6 heterocycles. The molecular formula is C47H41Cl2F12N11O3. The summed E-state index contributed by atoms with van der Waals surface area (Å²) in [6, 6.07) is 6.71. The van der Waals surface area contributed by atoms with Gasteiger partial charge in [-0.2, -0.15) is 52.7 Å². The highest BCUT2D eigenvalue weighted by Gasteiger charge is 2.41. The molecule has 0 bridgehead atoms. The van der Waals surface area contributed by atoms with Gasteiger partial charge in [0.2, 0.25) is 17.6 Å². The molecule has 8 rings (SSSR count). The Bertz CT molecular complexity index is 3190. The Kier molecular flexibility index (Phi) is 16.7.